The van der Waals surface area contributed by atoms with Crippen molar-refractivity contribution in [1.82, 2.24) is 15.5 Å². The van der Waals surface area contributed by atoms with E-state index in [2.05, 4.69) is 20.5 Å². The first-order valence-electron chi connectivity index (χ1n) is 9.08. The minimum atomic E-state index is -0.935. The summed E-state index contributed by atoms with van der Waals surface area (Å²) in [4.78, 5) is 7.98. The average molecular weight is 496 g/mol. The number of aliphatic imine (C=N–C) groups is 1. The number of nitrogens with zero attached hydrogens (tertiary/aromatic N) is 2. The molecule has 1 fully saturated rings. The molecule has 1 atom stereocenters. The molecule has 8 heteroatoms. The van der Waals surface area contributed by atoms with Gasteiger partial charge >= 0.3 is 0 Å². The Bertz CT molecular complexity index is 521. The Hall–Kier alpha value is -0.420. The number of rotatable bonds is 11. The average Bonchev–Trinajstić information content (AvgIpc) is 3.27. The molecule has 1 unspecified atom stereocenters. The van der Waals surface area contributed by atoms with Crippen molar-refractivity contribution in [2.75, 3.05) is 46.4 Å². The van der Waals surface area contributed by atoms with Gasteiger partial charge in [0.25, 0.3) is 0 Å². The summed E-state index contributed by atoms with van der Waals surface area (Å²) in [6.07, 6.45) is 2.59. The van der Waals surface area contributed by atoms with Crippen LogP contribution in [0.2, 0.25) is 0 Å². The lowest BCUT2D eigenvalue weighted by molar-refractivity contribution is 0.0711. The van der Waals surface area contributed by atoms with Crippen LogP contribution in [0.4, 0.5) is 0 Å². The summed E-state index contributed by atoms with van der Waals surface area (Å²) in [6.45, 7) is 8.53. The van der Waals surface area contributed by atoms with E-state index >= 15 is 0 Å². The highest BCUT2D eigenvalue weighted by atomic mass is 127. The first-order valence-corrected chi connectivity index (χ1v) is 9.96. The van der Waals surface area contributed by atoms with Gasteiger partial charge in [-0.3, -0.25) is 4.90 Å². The zero-order valence-electron chi connectivity index (χ0n) is 16.0. The van der Waals surface area contributed by atoms with Crippen molar-refractivity contribution in [1.29, 1.82) is 0 Å². The Balaban J connectivity index is 0.00000338. The maximum atomic E-state index is 10.6. The third-order valence-electron chi connectivity index (χ3n) is 4.28. The summed E-state index contributed by atoms with van der Waals surface area (Å²) >= 11 is 1.56. The molecule has 0 spiro atoms. The fourth-order valence-corrected chi connectivity index (χ4v) is 3.46. The van der Waals surface area contributed by atoms with Gasteiger partial charge in [-0.25, -0.2) is 4.99 Å². The molecule has 0 bridgehead atoms. The standard InChI is InChI=1S/C18H32N4O2S.HI/c1-4-19-17(21-14-18(2,23)16-6-5-13-25-16)20-9-10-22(11-12-24-3)15-7-8-15;/h5-6,13,15,23H,4,7-12,14H2,1-3H3,(H2,19,20,21);1H. The molecular weight excluding hydrogens is 463 g/mol. The van der Waals surface area contributed by atoms with Crippen LogP contribution in [0.1, 0.15) is 31.6 Å². The molecule has 1 saturated carbocycles. The fraction of sp³-hybridized carbons (Fsp3) is 0.722. The van der Waals surface area contributed by atoms with E-state index in [1.807, 2.05) is 31.4 Å². The highest BCUT2D eigenvalue weighted by molar-refractivity contribution is 14.0. The van der Waals surface area contributed by atoms with E-state index in [1.54, 1.807) is 18.4 Å². The van der Waals surface area contributed by atoms with Gasteiger partial charge in [-0.05, 0) is 38.1 Å². The summed E-state index contributed by atoms with van der Waals surface area (Å²) in [5, 5.41) is 19.2. The first kappa shape index (κ1) is 23.6. The summed E-state index contributed by atoms with van der Waals surface area (Å²) in [7, 11) is 1.75. The molecule has 1 aromatic rings. The van der Waals surface area contributed by atoms with Gasteiger partial charge in [-0.15, -0.1) is 35.3 Å². The SMILES string of the molecule is CCNC(=NCC(C)(O)c1cccs1)NCCN(CCOC)C1CC1.I. The molecule has 3 N–H and O–H groups in total. The van der Waals surface area contributed by atoms with Gasteiger partial charge in [0.05, 0.1) is 13.2 Å². The van der Waals surface area contributed by atoms with Crippen molar-refractivity contribution >= 4 is 41.3 Å². The lowest BCUT2D eigenvalue weighted by Crippen LogP contribution is -2.43. The summed E-state index contributed by atoms with van der Waals surface area (Å²) < 4.78 is 5.20. The predicted molar refractivity (Wildman–Crippen MR) is 120 cm³/mol. The Morgan fingerprint density at radius 1 is 1.42 bits per heavy atom. The van der Waals surface area contributed by atoms with E-state index in [1.165, 1.54) is 12.8 Å². The third-order valence-corrected chi connectivity index (χ3v) is 5.40. The molecule has 1 aromatic heterocycles. The maximum absolute atomic E-state index is 10.6. The van der Waals surface area contributed by atoms with Crippen LogP contribution in [-0.2, 0) is 10.3 Å². The molecule has 150 valence electrons. The fourth-order valence-electron chi connectivity index (χ4n) is 2.68. The molecular formula is C18H33IN4O2S. The minimum absolute atomic E-state index is 0. The van der Waals surface area contributed by atoms with Gasteiger partial charge in [-0.1, -0.05) is 6.07 Å². The quantitative estimate of drug-likeness (QED) is 0.249. The van der Waals surface area contributed by atoms with Crippen molar-refractivity contribution in [2.24, 2.45) is 4.99 Å². The molecule has 0 aromatic carbocycles. The topological polar surface area (TPSA) is 69.1 Å². The molecule has 0 aliphatic heterocycles. The highest BCUT2D eigenvalue weighted by Gasteiger charge is 2.28. The monoisotopic (exact) mass is 496 g/mol. The number of hydrogen-bond acceptors (Lipinski definition) is 5. The summed E-state index contributed by atoms with van der Waals surface area (Å²) in [6, 6.07) is 4.62. The van der Waals surface area contributed by atoms with Gasteiger partial charge in [0.15, 0.2) is 5.96 Å². The number of ether oxygens (including phenoxy) is 1. The van der Waals surface area contributed by atoms with Crippen molar-refractivity contribution in [3.63, 3.8) is 0 Å². The van der Waals surface area contributed by atoms with E-state index in [0.29, 0.717) is 6.54 Å². The van der Waals surface area contributed by atoms with Crippen LogP contribution in [0.3, 0.4) is 0 Å². The molecule has 0 saturated heterocycles. The number of guanidine groups is 1. The molecule has 1 aliphatic carbocycles. The number of thiophene rings is 1. The molecule has 1 heterocycles. The Morgan fingerprint density at radius 2 is 2.19 bits per heavy atom. The van der Waals surface area contributed by atoms with Crippen LogP contribution in [-0.4, -0.2) is 68.4 Å². The van der Waals surface area contributed by atoms with Gasteiger partial charge in [0.1, 0.15) is 5.60 Å². The van der Waals surface area contributed by atoms with E-state index in [9.17, 15) is 5.11 Å². The number of hydrogen-bond donors (Lipinski definition) is 3. The zero-order valence-corrected chi connectivity index (χ0v) is 19.2. The Morgan fingerprint density at radius 3 is 2.77 bits per heavy atom. The van der Waals surface area contributed by atoms with Gasteiger partial charge in [-0.2, -0.15) is 0 Å². The predicted octanol–water partition coefficient (Wildman–Crippen LogP) is 2.24. The van der Waals surface area contributed by atoms with Crippen molar-refractivity contribution in [3.8, 4) is 0 Å². The van der Waals surface area contributed by atoms with Gasteiger partial charge in [0.2, 0.25) is 0 Å². The normalized spacial score (nSPS) is 16.9. The Kier molecular flexibility index (Phi) is 11.0. The Labute approximate surface area is 178 Å². The zero-order chi connectivity index (χ0) is 18.1. The molecule has 0 radical (unpaired) electrons. The third kappa shape index (κ3) is 8.08. The molecule has 26 heavy (non-hydrogen) atoms. The molecule has 6 nitrogen and oxygen atoms in total. The van der Waals surface area contributed by atoms with Gasteiger partial charge in [0, 0.05) is 44.2 Å². The molecule has 2 rings (SSSR count). The van der Waals surface area contributed by atoms with E-state index in [0.717, 1.165) is 49.7 Å². The van der Waals surface area contributed by atoms with Crippen molar-refractivity contribution < 1.29 is 9.84 Å². The maximum Gasteiger partial charge on any atom is 0.191 e. The molecule has 0 amide bonds. The number of halogens is 1. The second-order valence-electron chi connectivity index (χ2n) is 6.63. The van der Waals surface area contributed by atoms with E-state index in [-0.39, 0.29) is 24.0 Å². The number of aliphatic hydroxyl groups is 1. The van der Waals surface area contributed by atoms with Crippen molar-refractivity contribution in [2.45, 2.75) is 38.3 Å². The van der Waals surface area contributed by atoms with Crippen LogP contribution in [0.15, 0.2) is 22.5 Å². The molecule has 1 aliphatic rings. The van der Waals surface area contributed by atoms with Crippen LogP contribution >= 0.6 is 35.3 Å². The number of nitrogens with one attached hydrogen (secondary N) is 2. The lowest BCUT2D eigenvalue weighted by Gasteiger charge is -2.23. The highest BCUT2D eigenvalue weighted by Crippen LogP contribution is 2.26. The summed E-state index contributed by atoms with van der Waals surface area (Å²) in [5.41, 5.74) is -0.935. The minimum Gasteiger partial charge on any atom is -0.383 e. The van der Waals surface area contributed by atoms with Crippen LogP contribution in [0, 0.1) is 0 Å². The second-order valence-corrected chi connectivity index (χ2v) is 7.58. The van der Waals surface area contributed by atoms with E-state index < -0.39 is 5.60 Å². The first-order chi connectivity index (χ1) is 12.1. The van der Waals surface area contributed by atoms with Crippen LogP contribution < -0.4 is 10.6 Å². The van der Waals surface area contributed by atoms with E-state index in [4.69, 9.17) is 4.74 Å². The van der Waals surface area contributed by atoms with Crippen molar-refractivity contribution in [3.05, 3.63) is 22.4 Å². The van der Waals surface area contributed by atoms with Crippen LogP contribution in [0.5, 0.6) is 0 Å². The smallest absolute Gasteiger partial charge is 0.191 e. The van der Waals surface area contributed by atoms with Gasteiger partial charge < -0.3 is 20.5 Å². The lowest BCUT2D eigenvalue weighted by atomic mass is 10.1. The summed E-state index contributed by atoms with van der Waals surface area (Å²) in [5.74, 6) is 0.752. The largest absolute Gasteiger partial charge is 0.383 e. The number of methoxy groups -OCH3 is 1. The van der Waals surface area contributed by atoms with Crippen LogP contribution in [0.25, 0.3) is 0 Å². The second kappa shape index (κ2) is 12.1.